The molecule has 1 aromatic rings. The van der Waals surface area contributed by atoms with Gasteiger partial charge in [-0.3, -0.25) is 9.27 Å². The fraction of sp³-hybridized carbons (Fsp3) is 0.333. The monoisotopic (exact) mass is 228 g/mol. The summed E-state index contributed by atoms with van der Waals surface area (Å²) in [6.45, 7) is 1.70. The van der Waals surface area contributed by atoms with Crippen molar-refractivity contribution in [3.8, 4) is 0 Å². The zero-order valence-corrected chi connectivity index (χ0v) is 8.84. The summed E-state index contributed by atoms with van der Waals surface area (Å²) in [5.41, 5.74) is 2.68. The molecule has 0 atom stereocenters. The van der Waals surface area contributed by atoms with E-state index in [0.717, 1.165) is 25.1 Å². The molecule has 3 N–H and O–H groups in total. The van der Waals surface area contributed by atoms with Crippen LogP contribution in [0.2, 0.25) is 0 Å². The van der Waals surface area contributed by atoms with Crippen LogP contribution in [0.4, 0.5) is 5.69 Å². The normalized spacial score (nSPS) is 15.8. The van der Waals surface area contributed by atoms with E-state index in [1.807, 2.05) is 10.8 Å². The Bertz CT molecular complexity index is 470. The standard InChI is InChI=1S/C9H12N2O3S/c12-15(13,14)11-9-2-1-8-6-10-4-3-7(8)5-9/h1-2,5,10-11H,3-4,6H2,(H,12,13,14). The van der Waals surface area contributed by atoms with Crippen molar-refractivity contribution < 1.29 is 13.0 Å². The van der Waals surface area contributed by atoms with Crippen LogP contribution in [0.1, 0.15) is 11.1 Å². The van der Waals surface area contributed by atoms with Crippen LogP contribution >= 0.6 is 0 Å². The van der Waals surface area contributed by atoms with Crippen LogP contribution in [0.3, 0.4) is 0 Å². The second-order valence-electron chi connectivity index (χ2n) is 3.49. The fourth-order valence-corrected chi connectivity index (χ4v) is 2.11. The van der Waals surface area contributed by atoms with Crippen molar-refractivity contribution in [2.75, 3.05) is 11.3 Å². The molecular weight excluding hydrogens is 216 g/mol. The van der Waals surface area contributed by atoms with Gasteiger partial charge >= 0.3 is 10.3 Å². The first-order valence-electron chi connectivity index (χ1n) is 4.62. The van der Waals surface area contributed by atoms with Gasteiger partial charge < -0.3 is 5.32 Å². The highest BCUT2D eigenvalue weighted by molar-refractivity contribution is 7.87. The van der Waals surface area contributed by atoms with E-state index >= 15 is 0 Å². The maximum absolute atomic E-state index is 10.6. The van der Waals surface area contributed by atoms with E-state index in [1.54, 1.807) is 12.1 Å². The van der Waals surface area contributed by atoms with E-state index in [-0.39, 0.29) is 0 Å². The van der Waals surface area contributed by atoms with Crippen molar-refractivity contribution >= 4 is 16.0 Å². The third-order valence-corrected chi connectivity index (χ3v) is 2.83. The molecule has 5 nitrogen and oxygen atoms in total. The highest BCUT2D eigenvalue weighted by Crippen LogP contribution is 2.19. The smallest absolute Gasteiger partial charge is 0.312 e. The highest BCUT2D eigenvalue weighted by atomic mass is 32.2. The predicted octanol–water partition coefficient (Wildman–Crippen LogP) is 0.547. The minimum Gasteiger partial charge on any atom is -0.312 e. The predicted molar refractivity (Wildman–Crippen MR) is 57.0 cm³/mol. The molecule has 1 aromatic carbocycles. The van der Waals surface area contributed by atoms with Crippen LogP contribution in [0.15, 0.2) is 18.2 Å². The first kappa shape index (κ1) is 10.4. The van der Waals surface area contributed by atoms with Gasteiger partial charge in [0.2, 0.25) is 0 Å². The molecule has 0 spiro atoms. The zero-order chi connectivity index (χ0) is 10.9. The maximum atomic E-state index is 10.6. The molecule has 1 aliphatic rings. The molecule has 0 radical (unpaired) electrons. The summed E-state index contributed by atoms with van der Waals surface area (Å²) in [7, 11) is -4.17. The summed E-state index contributed by atoms with van der Waals surface area (Å²) in [6.07, 6.45) is 0.871. The van der Waals surface area contributed by atoms with Crippen molar-refractivity contribution in [3.05, 3.63) is 29.3 Å². The van der Waals surface area contributed by atoms with Gasteiger partial charge in [-0.1, -0.05) is 6.07 Å². The molecule has 0 amide bonds. The van der Waals surface area contributed by atoms with Gasteiger partial charge in [-0.05, 0) is 36.2 Å². The van der Waals surface area contributed by atoms with Gasteiger partial charge in [-0.15, -0.1) is 0 Å². The molecule has 2 rings (SSSR count). The summed E-state index contributed by atoms with van der Waals surface area (Å²) in [6, 6.07) is 5.25. The first-order chi connectivity index (χ1) is 7.04. The van der Waals surface area contributed by atoms with E-state index in [4.69, 9.17) is 4.55 Å². The molecule has 6 heteroatoms. The number of hydrogen-bond donors (Lipinski definition) is 3. The highest BCUT2D eigenvalue weighted by Gasteiger charge is 2.10. The number of hydrogen-bond acceptors (Lipinski definition) is 3. The topological polar surface area (TPSA) is 78.4 Å². The third-order valence-electron chi connectivity index (χ3n) is 2.34. The van der Waals surface area contributed by atoms with Gasteiger partial charge in [0, 0.05) is 6.54 Å². The van der Waals surface area contributed by atoms with Crippen LogP contribution in [0.5, 0.6) is 0 Å². The van der Waals surface area contributed by atoms with Crippen molar-refractivity contribution in [1.29, 1.82) is 0 Å². The Labute approximate surface area is 88.4 Å². The van der Waals surface area contributed by atoms with Gasteiger partial charge in [-0.25, -0.2) is 0 Å². The fourth-order valence-electron chi connectivity index (χ4n) is 1.69. The Morgan fingerprint density at radius 1 is 1.33 bits per heavy atom. The number of anilines is 1. The largest absolute Gasteiger partial charge is 0.357 e. The van der Waals surface area contributed by atoms with Gasteiger partial charge in [0.05, 0.1) is 5.69 Å². The number of benzene rings is 1. The molecule has 1 heterocycles. The molecule has 15 heavy (non-hydrogen) atoms. The van der Waals surface area contributed by atoms with Crippen LogP contribution in [-0.4, -0.2) is 19.5 Å². The summed E-state index contributed by atoms with van der Waals surface area (Å²) in [4.78, 5) is 0. The van der Waals surface area contributed by atoms with E-state index in [2.05, 4.69) is 5.32 Å². The molecule has 0 unspecified atom stereocenters. The van der Waals surface area contributed by atoms with Crippen LogP contribution in [0, 0.1) is 0 Å². The molecular formula is C9H12N2O3S. The lowest BCUT2D eigenvalue weighted by Crippen LogP contribution is -2.23. The lowest BCUT2D eigenvalue weighted by atomic mass is 10.0. The molecule has 1 aliphatic heterocycles. The van der Waals surface area contributed by atoms with Crippen molar-refractivity contribution in [2.24, 2.45) is 0 Å². The van der Waals surface area contributed by atoms with Crippen LogP contribution in [-0.2, 0) is 23.3 Å². The molecule has 0 aliphatic carbocycles. The van der Waals surface area contributed by atoms with E-state index < -0.39 is 10.3 Å². The lowest BCUT2D eigenvalue weighted by Gasteiger charge is -2.17. The second kappa shape index (κ2) is 3.80. The Balaban J connectivity index is 2.28. The number of fused-ring (bicyclic) bond motifs is 1. The van der Waals surface area contributed by atoms with E-state index in [9.17, 15) is 8.42 Å². The number of nitrogens with one attached hydrogen (secondary N) is 2. The average Bonchev–Trinajstić information content (AvgIpc) is 2.15. The minimum absolute atomic E-state index is 0.401. The Kier molecular flexibility index (Phi) is 2.64. The van der Waals surface area contributed by atoms with E-state index in [0.29, 0.717) is 5.69 Å². The lowest BCUT2D eigenvalue weighted by molar-refractivity contribution is 0.489. The molecule has 0 aromatic heterocycles. The third kappa shape index (κ3) is 2.68. The molecule has 0 saturated carbocycles. The maximum Gasteiger partial charge on any atom is 0.357 e. The van der Waals surface area contributed by atoms with Crippen molar-refractivity contribution in [2.45, 2.75) is 13.0 Å². The summed E-state index contributed by atoms with van der Waals surface area (Å²) < 4.78 is 31.9. The van der Waals surface area contributed by atoms with Crippen LogP contribution < -0.4 is 10.0 Å². The van der Waals surface area contributed by atoms with Gasteiger partial charge in [0.15, 0.2) is 0 Å². The summed E-state index contributed by atoms with van der Waals surface area (Å²) in [5.74, 6) is 0. The van der Waals surface area contributed by atoms with Gasteiger partial charge in [0.25, 0.3) is 0 Å². The quantitative estimate of drug-likeness (QED) is 0.646. The Hall–Kier alpha value is -1.11. The molecule has 0 saturated heterocycles. The number of rotatable bonds is 2. The molecule has 82 valence electrons. The van der Waals surface area contributed by atoms with Crippen molar-refractivity contribution in [3.63, 3.8) is 0 Å². The Morgan fingerprint density at radius 3 is 2.87 bits per heavy atom. The van der Waals surface area contributed by atoms with Crippen molar-refractivity contribution in [1.82, 2.24) is 5.32 Å². The molecule has 0 bridgehead atoms. The summed E-state index contributed by atoms with van der Waals surface area (Å²) >= 11 is 0. The van der Waals surface area contributed by atoms with Gasteiger partial charge in [0.1, 0.15) is 0 Å². The SMILES string of the molecule is O=S(=O)(O)Nc1ccc2c(c1)CCNC2. The Morgan fingerprint density at radius 2 is 2.13 bits per heavy atom. The van der Waals surface area contributed by atoms with Gasteiger partial charge in [-0.2, -0.15) is 8.42 Å². The summed E-state index contributed by atoms with van der Waals surface area (Å²) in [5, 5.41) is 3.22. The first-order valence-corrected chi connectivity index (χ1v) is 6.06. The minimum atomic E-state index is -4.17. The zero-order valence-electron chi connectivity index (χ0n) is 8.03. The molecule has 0 fully saturated rings. The second-order valence-corrected chi connectivity index (χ2v) is 4.64. The average molecular weight is 228 g/mol. The van der Waals surface area contributed by atoms with E-state index in [1.165, 1.54) is 5.56 Å². The van der Waals surface area contributed by atoms with Crippen LogP contribution in [0.25, 0.3) is 0 Å².